The molecule has 5 rings (SSSR count). The van der Waals surface area contributed by atoms with Crippen LogP contribution in [0.1, 0.15) is 41.0 Å². The molecule has 2 atom stereocenters. The molecule has 37 heavy (non-hydrogen) atoms. The minimum atomic E-state index is -4.54. The van der Waals surface area contributed by atoms with Crippen LogP contribution < -0.4 is 9.47 Å². The van der Waals surface area contributed by atoms with Crippen molar-refractivity contribution in [1.82, 2.24) is 14.9 Å². The Kier molecular flexibility index (Phi) is 6.47. The highest BCUT2D eigenvalue weighted by atomic mass is 19.4. The Morgan fingerprint density at radius 1 is 1.24 bits per heavy atom. The summed E-state index contributed by atoms with van der Waals surface area (Å²) in [6, 6.07) is 4.77. The molecule has 8 nitrogen and oxygen atoms in total. The average Bonchev–Trinajstić information content (AvgIpc) is 3.29. The van der Waals surface area contributed by atoms with E-state index >= 15 is 0 Å². The molecule has 0 radical (unpaired) electrons. The lowest BCUT2D eigenvalue weighted by molar-refractivity contribution is -0.138. The number of piperidine rings is 1. The summed E-state index contributed by atoms with van der Waals surface area (Å²) < 4.78 is 88.1. The van der Waals surface area contributed by atoms with Gasteiger partial charge in [-0.2, -0.15) is 13.2 Å². The van der Waals surface area contributed by atoms with Crippen LogP contribution in [0, 0.1) is 5.92 Å². The quantitative estimate of drug-likeness (QED) is 0.523. The highest BCUT2D eigenvalue weighted by Gasteiger charge is 2.53. The summed E-state index contributed by atoms with van der Waals surface area (Å²) in [7, 11) is 1.35. The molecule has 0 unspecified atom stereocenters. The zero-order chi connectivity index (χ0) is 26.4. The van der Waals surface area contributed by atoms with Crippen molar-refractivity contribution < 1.29 is 45.7 Å². The third-order valence-electron chi connectivity index (χ3n) is 6.94. The number of rotatable bonds is 6. The van der Waals surface area contributed by atoms with Gasteiger partial charge in [-0.1, -0.05) is 0 Å². The third kappa shape index (κ3) is 4.93. The van der Waals surface area contributed by atoms with Gasteiger partial charge in [0.25, 0.3) is 11.8 Å². The van der Waals surface area contributed by atoms with Crippen molar-refractivity contribution in [3.8, 4) is 11.6 Å². The molecule has 2 saturated heterocycles. The number of alkyl halides is 5. The highest BCUT2D eigenvalue weighted by molar-refractivity contribution is 5.92. The van der Waals surface area contributed by atoms with E-state index < -0.39 is 35.3 Å². The van der Waals surface area contributed by atoms with Crippen molar-refractivity contribution in [2.45, 2.75) is 43.1 Å². The molecule has 4 heterocycles. The first kappa shape index (κ1) is 25.6. The van der Waals surface area contributed by atoms with E-state index in [1.165, 1.54) is 24.1 Å². The Bertz CT molecular complexity index is 1170. The Morgan fingerprint density at radius 3 is 2.73 bits per heavy atom. The van der Waals surface area contributed by atoms with E-state index in [4.69, 9.17) is 18.9 Å². The van der Waals surface area contributed by atoms with Gasteiger partial charge in [-0.25, -0.2) is 13.8 Å². The van der Waals surface area contributed by atoms with E-state index in [0.717, 1.165) is 18.3 Å². The van der Waals surface area contributed by atoms with E-state index in [9.17, 15) is 26.7 Å². The number of carbonyl (C=O) groups excluding carboxylic acids is 1. The predicted molar refractivity (Wildman–Crippen MR) is 116 cm³/mol. The first-order chi connectivity index (χ1) is 17.5. The van der Waals surface area contributed by atoms with Gasteiger partial charge >= 0.3 is 6.18 Å². The topological polar surface area (TPSA) is 83.0 Å². The maximum absolute atomic E-state index is 13.3. The van der Waals surface area contributed by atoms with Gasteiger partial charge in [0.05, 0.1) is 31.5 Å². The molecule has 1 amide bonds. The number of hydrogen-bond acceptors (Lipinski definition) is 7. The lowest BCUT2D eigenvalue weighted by Gasteiger charge is -2.41. The van der Waals surface area contributed by atoms with E-state index in [1.54, 1.807) is 0 Å². The van der Waals surface area contributed by atoms with Gasteiger partial charge in [-0.05, 0) is 24.3 Å². The number of ether oxygens (including phenoxy) is 4. The maximum Gasteiger partial charge on any atom is 0.416 e. The van der Waals surface area contributed by atoms with Crippen LogP contribution in [0.25, 0.3) is 0 Å². The Labute approximate surface area is 208 Å². The molecule has 3 aliphatic rings. The minimum Gasteiger partial charge on any atom is -0.488 e. The third-order valence-corrected chi connectivity index (χ3v) is 6.94. The fourth-order valence-electron chi connectivity index (χ4n) is 4.94. The van der Waals surface area contributed by atoms with Gasteiger partial charge in [-0.15, -0.1) is 0 Å². The van der Waals surface area contributed by atoms with Crippen LogP contribution in [-0.4, -0.2) is 66.4 Å². The summed E-state index contributed by atoms with van der Waals surface area (Å²) in [5.74, 6) is -3.09. The van der Waals surface area contributed by atoms with E-state index in [-0.39, 0.29) is 74.7 Å². The van der Waals surface area contributed by atoms with Gasteiger partial charge in [0.2, 0.25) is 5.92 Å². The molecule has 0 spiro atoms. The molecule has 13 heteroatoms. The van der Waals surface area contributed by atoms with Gasteiger partial charge in [0.15, 0.2) is 5.75 Å². The number of fused-ring (bicyclic) bond motifs is 1. The van der Waals surface area contributed by atoms with Gasteiger partial charge in [-0.3, -0.25) is 9.78 Å². The second-order valence-corrected chi connectivity index (χ2v) is 9.38. The Balaban J connectivity index is 1.28. The van der Waals surface area contributed by atoms with Gasteiger partial charge in [0, 0.05) is 37.9 Å². The molecular weight excluding hydrogens is 505 g/mol. The van der Waals surface area contributed by atoms with Crippen molar-refractivity contribution in [3.63, 3.8) is 0 Å². The fraction of sp³-hybridized carbons (Fsp3) is 0.542. The maximum atomic E-state index is 13.3. The lowest BCUT2D eigenvalue weighted by Crippen LogP contribution is -2.54. The van der Waals surface area contributed by atoms with Crippen LogP contribution in [0.4, 0.5) is 22.0 Å². The van der Waals surface area contributed by atoms with Crippen molar-refractivity contribution in [1.29, 1.82) is 0 Å². The van der Waals surface area contributed by atoms with Crippen LogP contribution >= 0.6 is 0 Å². The summed E-state index contributed by atoms with van der Waals surface area (Å²) in [5.41, 5.74) is -1.89. The van der Waals surface area contributed by atoms with Crippen LogP contribution in [0.15, 0.2) is 30.5 Å². The van der Waals surface area contributed by atoms with Crippen molar-refractivity contribution in [3.05, 3.63) is 47.4 Å². The summed E-state index contributed by atoms with van der Waals surface area (Å²) >= 11 is 0. The summed E-state index contributed by atoms with van der Waals surface area (Å²) in [6.45, 7) is 0.150. The number of hydrogen-bond donors (Lipinski definition) is 0. The van der Waals surface area contributed by atoms with Gasteiger partial charge in [0.1, 0.15) is 24.2 Å². The molecular formula is C24H24F5N3O5. The smallest absolute Gasteiger partial charge is 0.416 e. The zero-order valence-electron chi connectivity index (χ0n) is 19.8. The first-order valence-corrected chi connectivity index (χ1v) is 11.6. The van der Waals surface area contributed by atoms with Crippen LogP contribution in [0.3, 0.4) is 0 Å². The highest BCUT2D eigenvalue weighted by Crippen LogP contribution is 2.44. The normalized spacial score (nSPS) is 25.4. The molecule has 0 bridgehead atoms. The summed E-state index contributed by atoms with van der Waals surface area (Å²) in [4.78, 5) is 23.0. The van der Waals surface area contributed by atoms with Crippen LogP contribution in [0.5, 0.6) is 11.6 Å². The van der Waals surface area contributed by atoms with Gasteiger partial charge < -0.3 is 23.8 Å². The average molecular weight is 529 g/mol. The molecule has 200 valence electrons. The second kappa shape index (κ2) is 9.35. The van der Waals surface area contributed by atoms with Crippen molar-refractivity contribution in [2.75, 3.05) is 33.6 Å². The molecule has 2 aromatic heterocycles. The monoisotopic (exact) mass is 529 g/mol. The number of likely N-dealkylation sites (tertiary alicyclic amines) is 1. The second-order valence-electron chi connectivity index (χ2n) is 9.38. The van der Waals surface area contributed by atoms with Crippen molar-refractivity contribution in [2.24, 2.45) is 5.92 Å². The Hall–Kier alpha value is -3.06. The number of pyridine rings is 2. The van der Waals surface area contributed by atoms with E-state index in [0.29, 0.717) is 0 Å². The standard InChI is InChI=1S/C24H24F5N3O5/c1-34-20-17(35-12-14-9-22(25,26)10-14)3-2-16(31-20)21(33)32-7-5-23(19(11-32)36-13-37-23)18-8-15(4-6-30-18)24(27,28)29/h2-4,6,8,14,19H,5,7,9-13H2,1H3/t19-,23-/m1/s1. The number of amides is 1. The van der Waals surface area contributed by atoms with E-state index in [1.807, 2.05) is 0 Å². The molecule has 1 aliphatic carbocycles. The largest absolute Gasteiger partial charge is 0.488 e. The van der Waals surface area contributed by atoms with Crippen LogP contribution in [-0.2, 0) is 21.3 Å². The summed E-state index contributed by atoms with van der Waals surface area (Å²) in [6.07, 6.45) is -4.49. The SMILES string of the molecule is COc1nc(C(=O)N2CC[C@]3(c4cc(C(F)(F)F)ccn4)OCO[C@@H]3C2)ccc1OCC1CC(F)(F)C1. The zero-order valence-corrected chi connectivity index (χ0v) is 19.8. The molecule has 2 aliphatic heterocycles. The molecule has 0 N–H and O–H groups in total. The molecule has 2 aromatic rings. The lowest BCUT2D eigenvalue weighted by atomic mass is 9.82. The van der Waals surface area contributed by atoms with Crippen LogP contribution in [0.2, 0.25) is 0 Å². The molecule has 0 aromatic carbocycles. The summed E-state index contributed by atoms with van der Waals surface area (Å²) in [5, 5.41) is 0. The number of nitrogens with zero attached hydrogens (tertiary/aromatic N) is 3. The fourth-order valence-corrected chi connectivity index (χ4v) is 4.94. The predicted octanol–water partition coefficient (Wildman–Crippen LogP) is 4.04. The Morgan fingerprint density at radius 2 is 2.03 bits per heavy atom. The van der Waals surface area contributed by atoms with E-state index in [2.05, 4.69) is 9.97 Å². The first-order valence-electron chi connectivity index (χ1n) is 11.6. The van der Waals surface area contributed by atoms with Crippen molar-refractivity contribution >= 4 is 5.91 Å². The number of aromatic nitrogens is 2. The number of methoxy groups -OCH3 is 1. The number of halogens is 5. The molecule has 3 fully saturated rings. The minimum absolute atomic E-state index is 0.0388. The number of carbonyl (C=O) groups is 1. The molecule has 1 saturated carbocycles.